The minimum atomic E-state index is -0.462. The highest BCUT2D eigenvalue weighted by Gasteiger charge is 2.33. The van der Waals surface area contributed by atoms with E-state index < -0.39 is 11.9 Å². The van der Waals surface area contributed by atoms with Gasteiger partial charge in [-0.05, 0) is 25.8 Å². The largest absolute Gasteiger partial charge is 0.368 e. The van der Waals surface area contributed by atoms with E-state index in [1.807, 2.05) is 25.1 Å². The molecule has 7 nitrogen and oxygen atoms in total. The number of carbonyl (C=O) groups excluding carboxylic acids is 2. The number of amides is 2. The molecule has 7 heteroatoms. The van der Waals surface area contributed by atoms with Crippen LogP contribution in [0.5, 0.6) is 0 Å². The molecule has 1 aromatic heterocycles. The summed E-state index contributed by atoms with van der Waals surface area (Å²) in [6, 6.07) is 9.68. The van der Waals surface area contributed by atoms with Gasteiger partial charge in [0.15, 0.2) is 0 Å². The second kappa shape index (κ2) is 8.35. The van der Waals surface area contributed by atoms with Gasteiger partial charge in [-0.25, -0.2) is 0 Å². The highest BCUT2D eigenvalue weighted by Crippen LogP contribution is 2.17. The molecule has 1 unspecified atom stereocenters. The van der Waals surface area contributed by atoms with Crippen molar-refractivity contribution >= 4 is 11.8 Å². The number of nitrogens with two attached hydrogens (primary N) is 1. The Bertz CT molecular complexity index is 783. The molecule has 1 aliphatic rings. The first-order valence-electron chi connectivity index (χ1n) is 9.22. The van der Waals surface area contributed by atoms with E-state index in [-0.39, 0.29) is 12.3 Å². The quantitative estimate of drug-likeness (QED) is 0.821. The summed E-state index contributed by atoms with van der Waals surface area (Å²) < 4.78 is 5.13. The summed E-state index contributed by atoms with van der Waals surface area (Å²) in [4.78, 5) is 28.5. The lowest BCUT2D eigenvalue weighted by molar-refractivity contribution is -0.136. The number of aryl methyl sites for hydroxylation is 2. The van der Waals surface area contributed by atoms with Crippen molar-refractivity contribution in [2.45, 2.75) is 32.7 Å². The molecule has 2 heterocycles. The van der Waals surface area contributed by atoms with Crippen LogP contribution in [-0.4, -0.2) is 59.0 Å². The Morgan fingerprint density at radius 3 is 2.59 bits per heavy atom. The van der Waals surface area contributed by atoms with Gasteiger partial charge in [0.1, 0.15) is 11.8 Å². The first kappa shape index (κ1) is 19.1. The van der Waals surface area contributed by atoms with Gasteiger partial charge in [-0.1, -0.05) is 35.5 Å². The summed E-state index contributed by atoms with van der Waals surface area (Å²) in [6.45, 7) is 5.91. The molecular formula is C20H26N4O3. The van der Waals surface area contributed by atoms with Crippen LogP contribution in [0.4, 0.5) is 0 Å². The van der Waals surface area contributed by atoms with Gasteiger partial charge in [-0.15, -0.1) is 0 Å². The number of hydrogen-bond donors (Lipinski definition) is 1. The van der Waals surface area contributed by atoms with Crippen LogP contribution in [0, 0.1) is 13.8 Å². The van der Waals surface area contributed by atoms with Gasteiger partial charge in [-0.3, -0.25) is 14.5 Å². The van der Waals surface area contributed by atoms with Crippen molar-refractivity contribution < 1.29 is 14.1 Å². The lowest BCUT2D eigenvalue weighted by Crippen LogP contribution is -2.59. The zero-order chi connectivity index (χ0) is 19.4. The lowest BCUT2D eigenvalue weighted by atomic mass is 10.1. The van der Waals surface area contributed by atoms with E-state index in [0.29, 0.717) is 25.4 Å². The maximum atomic E-state index is 12.7. The molecule has 0 aliphatic carbocycles. The van der Waals surface area contributed by atoms with Crippen molar-refractivity contribution in [2.75, 3.05) is 26.2 Å². The van der Waals surface area contributed by atoms with Crippen molar-refractivity contribution in [1.82, 2.24) is 15.0 Å². The third-order valence-electron chi connectivity index (χ3n) is 5.21. The molecule has 2 amide bonds. The van der Waals surface area contributed by atoms with Gasteiger partial charge in [0.05, 0.1) is 12.1 Å². The predicted octanol–water partition coefficient (Wildman–Crippen LogP) is 1.07. The second-order valence-electron chi connectivity index (χ2n) is 7.01. The second-order valence-corrected chi connectivity index (χ2v) is 7.01. The van der Waals surface area contributed by atoms with Crippen LogP contribution in [0.1, 0.15) is 22.6 Å². The third-order valence-corrected chi connectivity index (χ3v) is 5.21. The van der Waals surface area contributed by atoms with E-state index in [1.54, 1.807) is 11.8 Å². The predicted molar refractivity (Wildman–Crippen MR) is 101 cm³/mol. The van der Waals surface area contributed by atoms with Crippen LogP contribution in [-0.2, 0) is 22.4 Å². The fourth-order valence-electron chi connectivity index (χ4n) is 3.52. The van der Waals surface area contributed by atoms with E-state index in [0.717, 1.165) is 24.2 Å². The minimum absolute atomic E-state index is 0.0293. The van der Waals surface area contributed by atoms with Crippen molar-refractivity contribution in [1.29, 1.82) is 0 Å². The van der Waals surface area contributed by atoms with Crippen LogP contribution < -0.4 is 5.73 Å². The summed E-state index contributed by atoms with van der Waals surface area (Å²) in [5.74, 6) is 0.241. The summed E-state index contributed by atoms with van der Waals surface area (Å²) in [5, 5.41) is 3.89. The van der Waals surface area contributed by atoms with Gasteiger partial charge < -0.3 is 15.2 Å². The monoisotopic (exact) mass is 370 g/mol. The van der Waals surface area contributed by atoms with Gasteiger partial charge in [0.2, 0.25) is 11.8 Å². The molecule has 1 atom stereocenters. The molecule has 144 valence electrons. The van der Waals surface area contributed by atoms with E-state index in [9.17, 15) is 9.59 Å². The Balaban J connectivity index is 1.61. The Morgan fingerprint density at radius 2 is 1.96 bits per heavy atom. The van der Waals surface area contributed by atoms with E-state index in [2.05, 4.69) is 22.2 Å². The lowest BCUT2D eigenvalue weighted by Gasteiger charge is -2.40. The molecule has 27 heavy (non-hydrogen) atoms. The van der Waals surface area contributed by atoms with Crippen LogP contribution in [0.3, 0.4) is 0 Å². The highest BCUT2D eigenvalue weighted by atomic mass is 16.5. The number of hydrogen-bond acceptors (Lipinski definition) is 5. The normalized spacial score (nSPS) is 17.9. The first-order valence-corrected chi connectivity index (χ1v) is 9.22. The maximum absolute atomic E-state index is 12.7. The van der Waals surface area contributed by atoms with Crippen LogP contribution >= 0.6 is 0 Å². The standard InChI is InChI=1S/C20H26N4O3/c1-14-17(15(2)27-22-14)12-19(25)24-11-10-23(18(13-24)20(21)26)9-8-16-6-4-3-5-7-16/h3-7,18H,8-13H2,1-2H3,(H2,21,26). The third kappa shape index (κ3) is 4.54. The van der Waals surface area contributed by atoms with E-state index in [1.165, 1.54) is 5.56 Å². The van der Waals surface area contributed by atoms with Crippen molar-refractivity contribution in [2.24, 2.45) is 5.73 Å². The molecule has 0 saturated carbocycles. The number of aromatic nitrogens is 1. The minimum Gasteiger partial charge on any atom is -0.368 e. The highest BCUT2D eigenvalue weighted by molar-refractivity contribution is 5.83. The number of carbonyl (C=O) groups is 2. The zero-order valence-corrected chi connectivity index (χ0v) is 15.9. The fraction of sp³-hybridized carbons (Fsp3) is 0.450. The first-order chi connectivity index (χ1) is 13.0. The van der Waals surface area contributed by atoms with Crippen LogP contribution in [0.15, 0.2) is 34.9 Å². The Kier molecular flexibility index (Phi) is 5.91. The van der Waals surface area contributed by atoms with Crippen molar-refractivity contribution in [3.8, 4) is 0 Å². The van der Waals surface area contributed by atoms with Gasteiger partial charge in [-0.2, -0.15) is 0 Å². The molecule has 1 aromatic carbocycles. The smallest absolute Gasteiger partial charge is 0.236 e. The average Bonchev–Trinajstić information content (AvgIpc) is 2.99. The van der Waals surface area contributed by atoms with Crippen molar-refractivity contribution in [3.05, 3.63) is 52.9 Å². The molecule has 1 aliphatic heterocycles. The van der Waals surface area contributed by atoms with Crippen LogP contribution in [0.25, 0.3) is 0 Å². The number of piperazine rings is 1. The van der Waals surface area contributed by atoms with Gasteiger partial charge >= 0.3 is 0 Å². The number of rotatable bonds is 6. The van der Waals surface area contributed by atoms with Gasteiger partial charge in [0, 0.05) is 31.7 Å². The van der Waals surface area contributed by atoms with E-state index >= 15 is 0 Å². The van der Waals surface area contributed by atoms with Gasteiger partial charge in [0.25, 0.3) is 0 Å². The molecule has 2 aromatic rings. The zero-order valence-electron chi connectivity index (χ0n) is 15.9. The molecule has 0 bridgehead atoms. The Morgan fingerprint density at radius 1 is 1.22 bits per heavy atom. The number of primary amides is 1. The summed E-state index contributed by atoms with van der Waals surface area (Å²) in [7, 11) is 0. The average molecular weight is 370 g/mol. The Labute approximate surface area is 159 Å². The fourth-order valence-corrected chi connectivity index (χ4v) is 3.52. The van der Waals surface area contributed by atoms with Crippen LogP contribution in [0.2, 0.25) is 0 Å². The molecule has 3 rings (SSSR count). The maximum Gasteiger partial charge on any atom is 0.236 e. The van der Waals surface area contributed by atoms with E-state index in [4.69, 9.17) is 10.3 Å². The molecule has 0 radical (unpaired) electrons. The Hall–Kier alpha value is -2.67. The number of nitrogens with zero attached hydrogens (tertiary/aromatic N) is 3. The summed E-state index contributed by atoms with van der Waals surface area (Å²) in [5.41, 5.74) is 8.40. The SMILES string of the molecule is Cc1noc(C)c1CC(=O)N1CCN(CCc2ccccc2)C(C(N)=O)C1. The summed E-state index contributed by atoms with van der Waals surface area (Å²) >= 11 is 0. The van der Waals surface area contributed by atoms with Crippen molar-refractivity contribution in [3.63, 3.8) is 0 Å². The number of benzene rings is 1. The molecular weight excluding hydrogens is 344 g/mol. The summed E-state index contributed by atoms with van der Waals surface area (Å²) in [6.07, 6.45) is 1.08. The molecule has 0 spiro atoms. The topological polar surface area (TPSA) is 92.7 Å². The molecule has 1 fully saturated rings. The molecule has 2 N–H and O–H groups in total. The molecule has 1 saturated heterocycles.